The van der Waals surface area contributed by atoms with Gasteiger partial charge in [0.2, 0.25) is 0 Å². The van der Waals surface area contributed by atoms with E-state index >= 15 is 0 Å². The third-order valence-corrected chi connectivity index (χ3v) is 5.11. The molecule has 1 aliphatic rings. The van der Waals surface area contributed by atoms with Crippen LogP contribution in [0.3, 0.4) is 0 Å². The molecule has 0 unspecified atom stereocenters. The average Bonchev–Trinajstić information content (AvgIpc) is 2.79. The van der Waals surface area contributed by atoms with Gasteiger partial charge in [0, 0.05) is 45.6 Å². The molecule has 0 saturated carbocycles. The number of carbonyl (C=O) groups excluding carboxylic acids is 2. The lowest BCUT2D eigenvalue weighted by atomic mass is 10.1. The predicted octanol–water partition coefficient (Wildman–Crippen LogP) is 3.24. The van der Waals surface area contributed by atoms with E-state index in [2.05, 4.69) is 0 Å². The van der Waals surface area contributed by atoms with Crippen LogP contribution in [0.15, 0.2) is 48.5 Å². The van der Waals surface area contributed by atoms with Crippen molar-refractivity contribution in [2.45, 2.75) is 25.9 Å². The molecule has 0 N–H and O–H groups in total. The van der Waals surface area contributed by atoms with Crippen LogP contribution >= 0.6 is 0 Å². The molecule has 0 radical (unpaired) electrons. The molecule has 166 valence electrons. The third kappa shape index (κ3) is 6.13. The molecule has 7 heteroatoms. The summed E-state index contributed by atoms with van der Waals surface area (Å²) in [6.07, 6.45) is 1.54. The maximum atomic E-state index is 12.9. The SMILES string of the molecule is CCOc1ccccc1OC1CCN(C(=O)c2cccc(OCC(=O)N(C)C)c2)CC1. The number of rotatable bonds is 8. The van der Waals surface area contributed by atoms with E-state index in [4.69, 9.17) is 14.2 Å². The molecular formula is C24H30N2O5. The average molecular weight is 427 g/mol. The van der Waals surface area contributed by atoms with E-state index in [1.807, 2.05) is 36.1 Å². The monoisotopic (exact) mass is 426 g/mol. The normalized spacial score (nSPS) is 14.1. The van der Waals surface area contributed by atoms with Gasteiger partial charge in [-0.05, 0) is 37.3 Å². The highest BCUT2D eigenvalue weighted by molar-refractivity contribution is 5.94. The van der Waals surface area contributed by atoms with Gasteiger partial charge < -0.3 is 24.0 Å². The second-order valence-electron chi connectivity index (χ2n) is 7.59. The number of carbonyl (C=O) groups is 2. The van der Waals surface area contributed by atoms with Crippen molar-refractivity contribution < 1.29 is 23.8 Å². The number of hydrogen-bond donors (Lipinski definition) is 0. The Morgan fingerprint density at radius 2 is 1.71 bits per heavy atom. The Morgan fingerprint density at radius 1 is 1.00 bits per heavy atom. The first-order chi connectivity index (χ1) is 15.0. The van der Waals surface area contributed by atoms with E-state index < -0.39 is 0 Å². The van der Waals surface area contributed by atoms with Crippen molar-refractivity contribution in [1.29, 1.82) is 0 Å². The van der Waals surface area contributed by atoms with Crippen molar-refractivity contribution in [3.05, 3.63) is 54.1 Å². The number of likely N-dealkylation sites (N-methyl/N-ethyl adjacent to an activating group) is 1. The summed E-state index contributed by atoms with van der Waals surface area (Å²) in [7, 11) is 3.35. The Labute approximate surface area is 183 Å². The van der Waals surface area contributed by atoms with Crippen molar-refractivity contribution in [1.82, 2.24) is 9.80 Å². The minimum atomic E-state index is -0.135. The molecule has 1 fully saturated rings. The standard InChI is InChI=1S/C24H30N2O5/c1-4-29-21-10-5-6-11-22(21)31-19-12-14-26(15-13-19)24(28)18-8-7-9-20(16-18)30-17-23(27)25(2)3/h5-11,16,19H,4,12-15,17H2,1-3H3. The van der Waals surface area contributed by atoms with E-state index in [0.29, 0.717) is 31.0 Å². The molecule has 7 nitrogen and oxygen atoms in total. The van der Waals surface area contributed by atoms with Gasteiger partial charge in [0.25, 0.3) is 11.8 Å². The molecule has 0 aliphatic carbocycles. The van der Waals surface area contributed by atoms with Gasteiger partial charge in [-0.3, -0.25) is 9.59 Å². The summed E-state index contributed by atoms with van der Waals surface area (Å²) in [5.74, 6) is 1.81. The number of ether oxygens (including phenoxy) is 3. The van der Waals surface area contributed by atoms with Crippen molar-refractivity contribution in [3.63, 3.8) is 0 Å². The molecule has 2 amide bonds. The zero-order valence-corrected chi connectivity index (χ0v) is 18.4. The molecule has 2 aromatic carbocycles. The summed E-state index contributed by atoms with van der Waals surface area (Å²) in [5, 5.41) is 0. The Kier molecular flexibility index (Phi) is 7.76. The van der Waals surface area contributed by atoms with Crippen molar-refractivity contribution in [2.24, 2.45) is 0 Å². The number of benzene rings is 2. The van der Waals surface area contributed by atoms with Gasteiger partial charge in [-0.2, -0.15) is 0 Å². The molecule has 0 spiro atoms. The molecule has 1 saturated heterocycles. The smallest absolute Gasteiger partial charge is 0.259 e. The van der Waals surface area contributed by atoms with Gasteiger partial charge in [0.1, 0.15) is 11.9 Å². The van der Waals surface area contributed by atoms with Crippen LogP contribution in [0.2, 0.25) is 0 Å². The summed E-state index contributed by atoms with van der Waals surface area (Å²) < 4.78 is 17.3. The summed E-state index contributed by atoms with van der Waals surface area (Å²) in [5.41, 5.74) is 0.552. The first-order valence-electron chi connectivity index (χ1n) is 10.6. The first-order valence-corrected chi connectivity index (χ1v) is 10.6. The second kappa shape index (κ2) is 10.7. The summed E-state index contributed by atoms with van der Waals surface area (Å²) in [6.45, 7) is 3.70. The highest BCUT2D eigenvalue weighted by atomic mass is 16.5. The lowest BCUT2D eigenvalue weighted by Gasteiger charge is -2.32. The van der Waals surface area contributed by atoms with Crippen molar-refractivity contribution in [2.75, 3.05) is 40.4 Å². The third-order valence-electron chi connectivity index (χ3n) is 5.11. The van der Waals surface area contributed by atoms with Crippen LogP contribution in [-0.4, -0.2) is 68.1 Å². The summed E-state index contributed by atoms with van der Waals surface area (Å²) >= 11 is 0. The zero-order valence-electron chi connectivity index (χ0n) is 18.4. The summed E-state index contributed by atoms with van der Waals surface area (Å²) in [4.78, 5) is 27.9. The van der Waals surface area contributed by atoms with E-state index in [1.165, 1.54) is 4.90 Å². The van der Waals surface area contributed by atoms with E-state index in [9.17, 15) is 9.59 Å². The van der Waals surface area contributed by atoms with Crippen LogP contribution < -0.4 is 14.2 Å². The number of nitrogens with zero attached hydrogens (tertiary/aromatic N) is 2. The topological polar surface area (TPSA) is 68.3 Å². The van der Waals surface area contributed by atoms with Gasteiger partial charge in [-0.1, -0.05) is 18.2 Å². The lowest BCUT2D eigenvalue weighted by Crippen LogP contribution is -2.41. The zero-order chi connectivity index (χ0) is 22.2. The number of piperidine rings is 1. The van der Waals surface area contributed by atoms with Crippen LogP contribution in [0.5, 0.6) is 17.2 Å². The maximum Gasteiger partial charge on any atom is 0.259 e. The van der Waals surface area contributed by atoms with Crippen LogP contribution in [-0.2, 0) is 4.79 Å². The Bertz CT molecular complexity index is 891. The fourth-order valence-corrected chi connectivity index (χ4v) is 3.35. The quantitative estimate of drug-likeness (QED) is 0.648. The van der Waals surface area contributed by atoms with Crippen LogP contribution in [0.4, 0.5) is 0 Å². The number of amides is 2. The minimum absolute atomic E-state index is 0.0392. The van der Waals surface area contributed by atoms with Gasteiger partial charge in [0.15, 0.2) is 18.1 Å². The predicted molar refractivity (Wildman–Crippen MR) is 118 cm³/mol. The maximum absolute atomic E-state index is 12.9. The van der Waals surface area contributed by atoms with Gasteiger partial charge >= 0.3 is 0 Å². The largest absolute Gasteiger partial charge is 0.490 e. The second-order valence-corrected chi connectivity index (χ2v) is 7.59. The lowest BCUT2D eigenvalue weighted by molar-refractivity contribution is -0.130. The molecule has 2 aromatic rings. The molecule has 0 aromatic heterocycles. The van der Waals surface area contributed by atoms with Gasteiger partial charge in [-0.25, -0.2) is 0 Å². The minimum Gasteiger partial charge on any atom is -0.490 e. The molecule has 0 bridgehead atoms. The highest BCUT2D eigenvalue weighted by Crippen LogP contribution is 2.29. The molecule has 1 heterocycles. The van der Waals surface area contributed by atoms with Gasteiger partial charge in [-0.15, -0.1) is 0 Å². The van der Waals surface area contributed by atoms with Crippen LogP contribution in [0, 0.1) is 0 Å². The molecule has 31 heavy (non-hydrogen) atoms. The van der Waals surface area contributed by atoms with E-state index in [0.717, 1.165) is 24.3 Å². The van der Waals surface area contributed by atoms with E-state index in [1.54, 1.807) is 38.4 Å². The number of hydrogen-bond acceptors (Lipinski definition) is 5. The van der Waals surface area contributed by atoms with Crippen LogP contribution in [0.1, 0.15) is 30.1 Å². The van der Waals surface area contributed by atoms with Crippen molar-refractivity contribution in [3.8, 4) is 17.2 Å². The molecule has 1 aliphatic heterocycles. The molecule has 3 rings (SSSR count). The van der Waals surface area contributed by atoms with E-state index in [-0.39, 0.29) is 24.5 Å². The first kappa shape index (κ1) is 22.5. The Morgan fingerprint density at radius 3 is 2.39 bits per heavy atom. The molecule has 0 atom stereocenters. The molecular weight excluding hydrogens is 396 g/mol. The van der Waals surface area contributed by atoms with Gasteiger partial charge in [0.05, 0.1) is 6.61 Å². The Balaban J connectivity index is 1.54. The fraction of sp³-hybridized carbons (Fsp3) is 0.417. The Hall–Kier alpha value is -3.22. The summed E-state index contributed by atoms with van der Waals surface area (Å²) in [6, 6.07) is 14.6. The van der Waals surface area contributed by atoms with Crippen molar-refractivity contribution >= 4 is 11.8 Å². The van der Waals surface area contributed by atoms with Crippen LogP contribution in [0.25, 0.3) is 0 Å². The highest BCUT2D eigenvalue weighted by Gasteiger charge is 2.25. The number of likely N-dealkylation sites (tertiary alicyclic amines) is 1. The fourth-order valence-electron chi connectivity index (χ4n) is 3.35. The number of para-hydroxylation sites is 2.